The van der Waals surface area contributed by atoms with Gasteiger partial charge in [-0.1, -0.05) is 315 Å². The van der Waals surface area contributed by atoms with Crippen LogP contribution in [0.2, 0.25) is 0 Å². The number of fused-ring (bicyclic) bond motifs is 26. The van der Waals surface area contributed by atoms with Gasteiger partial charge in [0, 0.05) is 70.6 Å². The monoisotopic (exact) mass is 1460 g/mol. The quantitative estimate of drug-likeness (QED) is 0.129. The van der Waals surface area contributed by atoms with Crippen molar-refractivity contribution in [1.82, 2.24) is 0 Å². The summed E-state index contributed by atoms with van der Waals surface area (Å²) in [5.74, 6) is 0. The van der Waals surface area contributed by atoms with E-state index in [9.17, 15) is 0 Å². The number of nitrogens with zero attached hydrogens (tertiary/aromatic N) is 2. The van der Waals surface area contributed by atoms with Crippen LogP contribution in [0.5, 0.6) is 0 Å². The highest BCUT2D eigenvalue weighted by Gasteiger charge is 2.54. The summed E-state index contributed by atoms with van der Waals surface area (Å²) in [6.45, 7) is 0. The predicted octanol–water partition coefficient (Wildman–Crippen LogP) is 29.9. The molecule has 4 aliphatic carbocycles. The molecule has 0 amide bonds. The average molecular weight is 1470 g/mol. The van der Waals surface area contributed by atoms with Crippen molar-refractivity contribution in [2.45, 2.75) is 10.8 Å². The van der Waals surface area contributed by atoms with Gasteiger partial charge in [0.05, 0.1) is 10.8 Å². The Morgan fingerprint density at radius 2 is 0.553 bits per heavy atom. The number of hydrogen-bond donors (Lipinski definition) is 0. The van der Waals surface area contributed by atoms with Gasteiger partial charge in [-0.3, -0.25) is 0 Å². The molecule has 20 aromatic rings. The minimum absolute atomic E-state index is 0.498. The molecule has 2 aromatic heterocycles. The van der Waals surface area contributed by atoms with Gasteiger partial charge in [-0.15, -0.1) is 11.3 Å². The number of hydrogen-bond acceptors (Lipinski definition) is 4. The molecule has 18 aromatic carbocycles. The molecule has 4 heteroatoms. The van der Waals surface area contributed by atoms with Gasteiger partial charge in [-0.25, -0.2) is 0 Å². The first-order valence-electron chi connectivity index (χ1n) is 39.4. The van der Waals surface area contributed by atoms with Crippen molar-refractivity contribution in [3.8, 4) is 100 Å². The summed E-state index contributed by atoms with van der Waals surface area (Å²) in [5.41, 5.74) is 39.1. The third kappa shape index (κ3) is 9.38. The summed E-state index contributed by atoms with van der Waals surface area (Å²) in [5, 5.41) is 4.75. The molecule has 2 heterocycles. The Morgan fingerprint density at radius 1 is 0.193 bits per heavy atom. The molecule has 114 heavy (non-hydrogen) atoms. The molecular weight excluding hydrogens is 1400 g/mol. The molecule has 530 valence electrons. The number of anilines is 6. The van der Waals surface area contributed by atoms with Crippen LogP contribution in [0.3, 0.4) is 0 Å². The summed E-state index contributed by atoms with van der Waals surface area (Å²) in [6, 6.07) is 154. The maximum atomic E-state index is 7.14. The first-order chi connectivity index (χ1) is 56.5. The number of para-hydroxylation sites is 1. The van der Waals surface area contributed by atoms with Crippen LogP contribution in [0.4, 0.5) is 34.1 Å². The van der Waals surface area contributed by atoms with Crippen molar-refractivity contribution in [2.24, 2.45) is 0 Å². The van der Waals surface area contributed by atoms with Crippen molar-refractivity contribution in [1.29, 1.82) is 0 Å². The Morgan fingerprint density at radius 3 is 1.09 bits per heavy atom. The fraction of sp³-hybridized carbons (Fsp3) is 0.0182. The molecule has 4 aliphatic rings. The van der Waals surface area contributed by atoms with E-state index < -0.39 is 10.8 Å². The molecule has 0 fully saturated rings. The van der Waals surface area contributed by atoms with E-state index in [-0.39, 0.29) is 0 Å². The molecule has 1 atom stereocenters. The standard InChI is InChI=1S/C110H68N2OS/c1-3-23-69(24-4-1)71-47-53-77(54-48-71)111(81-57-59-90-87-33-9-15-43-99(87)109(103(90)67-81)97-41-13-7-31-85(97)86-32-8-14-42-98(86)109)79-29-19-27-75(63-79)83-37-21-39-93-96-66-74(52-62-105(96)113-107(83)93)73-51-61-102-95(65-73)89-35-11-17-45-101(89)110(102)100-44-16-10-34-88(100)91-60-58-82(68-104(91)110)112(78-55-49-72(50-56-78)70-25-5-2-6-26-70)80-30-20-28-76(64-80)84-38-22-40-94-92-36-12-18-46-106(92)114-108(84)94/h1-68H. The molecule has 0 saturated carbocycles. The molecule has 0 aliphatic heterocycles. The normalized spacial score (nSPS) is 14.1. The van der Waals surface area contributed by atoms with Crippen LogP contribution < -0.4 is 9.80 Å². The predicted molar refractivity (Wildman–Crippen MR) is 476 cm³/mol. The van der Waals surface area contributed by atoms with E-state index in [1.54, 1.807) is 0 Å². The van der Waals surface area contributed by atoms with Crippen molar-refractivity contribution in [2.75, 3.05) is 9.80 Å². The maximum Gasteiger partial charge on any atom is 0.143 e. The fourth-order valence-corrected chi connectivity index (χ4v) is 21.5. The van der Waals surface area contributed by atoms with E-state index in [4.69, 9.17) is 4.42 Å². The van der Waals surface area contributed by atoms with Crippen molar-refractivity contribution in [3.05, 3.63) is 457 Å². The van der Waals surface area contributed by atoms with Crippen LogP contribution in [0.1, 0.15) is 44.5 Å². The molecule has 3 nitrogen and oxygen atoms in total. The van der Waals surface area contributed by atoms with Crippen LogP contribution in [0, 0.1) is 0 Å². The van der Waals surface area contributed by atoms with E-state index in [2.05, 4.69) is 422 Å². The van der Waals surface area contributed by atoms with Crippen LogP contribution in [-0.4, -0.2) is 0 Å². The second-order valence-corrected chi connectivity index (χ2v) is 31.9. The molecule has 0 saturated heterocycles. The van der Waals surface area contributed by atoms with Gasteiger partial charge >= 0.3 is 0 Å². The van der Waals surface area contributed by atoms with E-state index in [1.807, 2.05) is 11.3 Å². The number of rotatable bonds is 11. The van der Waals surface area contributed by atoms with Crippen molar-refractivity contribution < 1.29 is 4.42 Å². The topological polar surface area (TPSA) is 19.6 Å². The van der Waals surface area contributed by atoms with Gasteiger partial charge in [-0.2, -0.15) is 0 Å². The van der Waals surface area contributed by atoms with Gasteiger partial charge < -0.3 is 14.2 Å². The lowest BCUT2D eigenvalue weighted by Crippen LogP contribution is -2.26. The SMILES string of the molecule is c1ccc(-c2ccc(N(c3cccc(-c4cccc5c4oc4ccc(-c6ccc7c(c6)-c6ccccc6C76c7ccccc7-c7ccc(N(c8ccc(-c9ccccc9)cc8)c8cccc(-c9cccc%10c9sc9ccccc9%10)c8)cc76)cc45)c3)c3ccc4c(c3)C3(c5ccccc5-c5ccccc53)c3ccccc3-4)cc2)cc1. The molecule has 24 rings (SSSR count). The summed E-state index contributed by atoms with van der Waals surface area (Å²) < 4.78 is 9.74. The van der Waals surface area contributed by atoms with Crippen LogP contribution in [-0.2, 0) is 10.8 Å². The zero-order chi connectivity index (χ0) is 74.7. The first kappa shape index (κ1) is 64.4. The summed E-state index contributed by atoms with van der Waals surface area (Å²) >= 11 is 1.88. The zero-order valence-electron chi connectivity index (χ0n) is 62.0. The highest BCUT2D eigenvalue weighted by molar-refractivity contribution is 7.26. The second-order valence-electron chi connectivity index (χ2n) is 30.8. The van der Waals surface area contributed by atoms with Crippen molar-refractivity contribution in [3.63, 3.8) is 0 Å². The summed E-state index contributed by atoms with van der Waals surface area (Å²) in [6.07, 6.45) is 0. The highest BCUT2D eigenvalue weighted by Crippen LogP contribution is 2.66. The Bertz CT molecular complexity index is 7310. The molecule has 1 unspecified atom stereocenters. The number of benzene rings is 18. The highest BCUT2D eigenvalue weighted by atomic mass is 32.1. The van der Waals surface area contributed by atoms with Crippen LogP contribution in [0.15, 0.2) is 417 Å². The second kappa shape index (κ2) is 25.0. The lowest BCUT2D eigenvalue weighted by Gasteiger charge is -2.32. The Balaban J connectivity index is 0.615. The molecular formula is C110H68N2OS. The van der Waals surface area contributed by atoms with E-state index in [0.29, 0.717) is 0 Å². The average Bonchev–Trinajstić information content (AvgIpc) is 1.51. The maximum absolute atomic E-state index is 7.14. The van der Waals surface area contributed by atoms with Gasteiger partial charge in [0.15, 0.2) is 0 Å². The van der Waals surface area contributed by atoms with E-state index >= 15 is 0 Å². The fourth-order valence-electron chi connectivity index (χ4n) is 20.2. The largest absolute Gasteiger partial charge is 0.455 e. The minimum Gasteiger partial charge on any atom is -0.455 e. The van der Waals surface area contributed by atoms with E-state index in [1.165, 1.54) is 143 Å². The molecule has 2 spiro atoms. The Hall–Kier alpha value is -14.4. The summed E-state index contributed by atoms with van der Waals surface area (Å²) in [7, 11) is 0. The lowest BCUT2D eigenvalue weighted by atomic mass is 9.70. The van der Waals surface area contributed by atoms with Crippen LogP contribution >= 0.6 is 11.3 Å². The van der Waals surface area contributed by atoms with Gasteiger partial charge in [0.1, 0.15) is 11.2 Å². The third-order valence-electron chi connectivity index (χ3n) is 25.1. The van der Waals surface area contributed by atoms with Crippen LogP contribution in [0.25, 0.3) is 142 Å². The van der Waals surface area contributed by atoms with Gasteiger partial charge in [0.25, 0.3) is 0 Å². The van der Waals surface area contributed by atoms with E-state index in [0.717, 1.165) is 78.3 Å². The molecule has 0 N–H and O–H groups in total. The van der Waals surface area contributed by atoms with Crippen molar-refractivity contribution >= 4 is 87.6 Å². The first-order valence-corrected chi connectivity index (χ1v) is 40.2. The Labute approximate surface area is 665 Å². The molecule has 0 radical (unpaired) electrons. The van der Waals surface area contributed by atoms with Gasteiger partial charge in [0.2, 0.25) is 0 Å². The summed E-state index contributed by atoms with van der Waals surface area (Å²) in [4.78, 5) is 4.92. The minimum atomic E-state index is -0.609. The van der Waals surface area contributed by atoms with Gasteiger partial charge in [-0.05, 0) is 236 Å². The zero-order valence-corrected chi connectivity index (χ0v) is 62.8. The lowest BCUT2D eigenvalue weighted by molar-refractivity contribution is 0.670. The molecule has 0 bridgehead atoms. The number of furan rings is 1. The third-order valence-corrected chi connectivity index (χ3v) is 26.3. The smallest absolute Gasteiger partial charge is 0.143 e. The Kier molecular flexibility index (Phi) is 14.2. The number of thiophene rings is 1.